The fourth-order valence-corrected chi connectivity index (χ4v) is 2.30. The van der Waals surface area contributed by atoms with Crippen LogP contribution in [0, 0.1) is 11.6 Å². The Labute approximate surface area is 113 Å². The Morgan fingerprint density at radius 2 is 1.58 bits per heavy atom. The Kier molecular flexibility index (Phi) is 3.58. The molecule has 0 aliphatic rings. The average molecular weight is 338 g/mol. The second-order valence-electron chi connectivity index (χ2n) is 3.64. The number of aromatic nitrogens is 1. The number of alkyl halides is 3. The molecule has 7 heteroatoms. The van der Waals surface area contributed by atoms with Crippen LogP contribution in [0.2, 0.25) is 0 Å². The van der Waals surface area contributed by atoms with Gasteiger partial charge < -0.3 is 0 Å². The molecule has 1 heterocycles. The number of benzene rings is 1. The maximum atomic E-state index is 13.5. The van der Waals surface area contributed by atoms with Gasteiger partial charge in [-0.05, 0) is 22.0 Å². The first-order valence-corrected chi connectivity index (χ1v) is 5.76. The molecular formula is C12H5BrF5N. The first kappa shape index (κ1) is 13.9. The molecule has 1 aromatic heterocycles. The average Bonchev–Trinajstić information content (AvgIpc) is 2.29. The summed E-state index contributed by atoms with van der Waals surface area (Å²) in [5.41, 5.74) is -1.76. The van der Waals surface area contributed by atoms with Crippen LogP contribution in [0.5, 0.6) is 0 Å². The van der Waals surface area contributed by atoms with E-state index in [1.54, 1.807) is 0 Å². The Hall–Kier alpha value is -1.50. The van der Waals surface area contributed by atoms with Crippen LogP contribution < -0.4 is 0 Å². The molecule has 0 amide bonds. The Balaban J connectivity index is 2.71. The Morgan fingerprint density at radius 3 is 2.11 bits per heavy atom. The van der Waals surface area contributed by atoms with Gasteiger partial charge in [0.05, 0.1) is 23.5 Å². The highest BCUT2D eigenvalue weighted by Crippen LogP contribution is 2.40. The van der Waals surface area contributed by atoms with Crippen LogP contribution in [0.4, 0.5) is 22.0 Å². The van der Waals surface area contributed by atoms with Crippen LogP contribution in [0.1, 0.15) is 5.56 Å². The van der Waals surface area contributed by atoms with Crippen molar-refractivity contribution in [3.8, 4) is 11.1 Å². The third kappa shape index (κ3) is 2.60. The fraction of sp³-hybridized carbons (Fsp3) is 0.0833. The molecule has 1 aromatic carbocycles. The summed E-state index contributed by atoms with van der Waals surface area (Å²) in [6.45, 7) is 0. The second kappa shape index (κ2) is 4.88. The summed E-state index contributed by atoms with van der Waals surface area (Å²) in [7, 11) is 0. The van der Waals surface area contributed by atoms with Crippen molar-refractivity contribution in [3.05, 3.63) is 52.3 Å². The zero-order chi connectivity index (χ0) is 14.2. The normalized spacial score (nSPS) is 11.7. The second-order valence-corrected chi connectivity index (χ2v) is 4.44. The number of nitrogens with zero attached hydrogens (tertiary/aromatic N) is 1. The molecule has 0 atom stereocenters. The molecule has 0 saturated heterocycles. The van der Waals surface area contributed by atoms with Crippen LogP contribution >= 0.6 is 15.9 Å². The number of rotatable bonds is 1. The molecule has 0 aliphatic heterocycles. The van der Waals surface area contributed by atoms with Crippen molar-refractivity contribution in [1.29, 1.82) is 0 Å². The smallest absolute Gasteiger partial charge is 0.259 e. The van der Waals surface area contributed by atoms with E-state index in [-0.39, 0.29) is 5.56 Å². The predicted octanol–water partition coefficient (Wildman–Crippen LogP) is 4.81. The molecule has 0 saturated carbocycles. The van der Waals surface area contributed by atoms with E-state index in [9.17, 15) is 22.0 Å². The van der Waals surface area contributed by atoms with E-state index in [1.165, 1.54) is 6.07 Å². The van der Waals surface area contributed by atoms with Gasteiger partial charge in [0.1, 0.15) is 0 Å². The fourth-order valence-electron chi connectivity index (χ4n) is 1.61. The van der Waals surface area contributed by atoms with Crippen molar-refractivity contribution in [2.45, 2.75) is 6.18 Å². The van der Waals surface area contributed by atoms with Gasteiger partial charge in [0.15, 0.2) is 11.6 Å². The van der Waals surface area contributed by atoms with Crippen molar-refractivity contribution in [1.82, 2.24) is 4.98 Å². The third-order valence-electron chi connectivity index (χ3n) is 2.43. The molecule has 0 bridgehead atoms. The molecule has 0 N–H and O–H groups in total. The highest BCUT2D eigenvalue weighted by molar-refractivity contribution is 9.10. The van der Waals surface area contributed by atoms with Gasteiger partial charge in [0, 0.05) is 10.0 Å². The third-order valence-corrected chi connectivity index (χ3v) is 3.28. The van der Waals surface area contributed by atoms with Gasteiger partial charge in [-0.25, -0.2) is 8.78 Å². The minimum atomic E-state index is -4.62. The van der Waals surface area contributed by atoms with Crippen LogP contribution in [-0.2, 0) is 6.18 Å². The van der Waals surface area contributed by atoms with E-state index in [0.29, 0.717) is 0 Å². The molecule has 2 aromatic rings. The van der Waals surface area contributed by atoms with Gasteiger partial charge in [0.25, 0.3) is 0 Å². The summed E-state index contributed by atoms with van der Waals surface area (Å²) in [4.78, 5) is 3.28. The van der Waals surface area contributed by atoms with Crippen LogP contribution in [0.15, 0.2) is 35.1 Å². The van der Waals surface area contributed by atoms with E-state index in [4.69, 9.17) is 0 Å². The van der Waals surface area contributed by atoms with Crippen molar-refractivity contribution in [2.75, 3.05) is 0 Å². The lowest BCUT2D eigenvalue weighted by atomic mass is 10.0. The highest BCUT2D eigenvalue weighted by atomic mass is 79.9. The maximum absolute atomic E-state index is 13.5. The van der Waals surface area contributed by atoms with E-state index >= 15 is 0 Å². The van der Waals surface area contributed by atoms with E-state index in [1.807, 2.05) is 0 Å². The van der Waals surface area contributed by atoms with Gasteiger partial charge in [-0.15, -0.1) is 0 Å². The molecule has 19 heavy (non-hydrogen) atoms. The van der Waals surface area contributed by atoms with Gasteiger partial charge >= 0.3 is 6.18 Å². The minimum absolute atomic E-state index is 0.216. The molecular weight excluding hydrogens is 333 g/mol. The monoisotopic (exact) mass is 337 g/mol. The predicted molar refractivity (Wildman–Crippen MR) is 62.3 cm³/mol. The van der Waals surface area contributed by atoms with Gasteiger partial charge in [-0.1, -0.05) is 12.1 Å². The Morgan fingerprint density at radius 1 is 1.00 bits per heavy atom. The van der Waals surface area contributed by atoms with Crippen molar-refractivity contribution in [3.63, 3.8) is 0 Å². The van der Waals surface area contributed by atoms with E-state index < -0.39 is 33.4 Å². The molecule has 0 unspecified atom stereocenters. The van der Waals surface area contributed by atoms with Crippen molar-refractivity contribution >= 4 is 15.9 Å². The summed E-state index contributed by atoms with van der Waals surface area (Å²) < 4.78 is 64.8. The van der Waals surface area contributed by atoms with Crippen molar-refractivity contribution in [2.24, 2.45) is 0 Å². The molecule has 0 spiro atoms. The summed E-state index contributed by atoms with van der Waals surface area (Å²) in [5, 5.41) is 0. The number of halogens is 6. The van der Waals surface area contributed by atoms with Gasteiger partial charge in [0.2, 0.25) is 0 Å². The van der Waals surface area contributed by atoms with Gasteiger partial charge in [-0.2, -0.15) is 13.2 Å². The molecule has 0 aliphatic carbocycles. The summed E-state index contributed by atoms with van der Waals surface area (Å²) in [5.74, 6) is -2.06. The Bertz CT molecular complexity index is 604. The molecule has 0 fully saturated rings. The quantitative estimate of drug-likeness (QED) is 0.680. The number of hydrogen-bond acceptors (Lipinski definition) is 1. The maximum Gasteiger partial charge on any atom is 0.417 e. The molecule has 1 nitrogen and oxygen atoms in total. The molecule has 0 radical (unpaired) electrons. The summed E-state index contributed by atoms with van der Waals surface area (Å²) >= 11 is 2.75. The highest BCUT2D eigenvalue weighted by Gasteiger charge is 2.34. The van der Waals surface area contributed by atoms with E-state index in [0.717, 1.165) is 24.5 Å². The largest absolute Gasteiger partial charge is 0.417 e. The lowest BCUT2D eigenvalue weighted by Gasteiger charge is -2.13. The van der Waals surface area contributed by atoms with Crippen LogP contribution in [0.3, 0.4) is 0 Å². The van der Waals surface area contributed by atoms with Gasteiger partial charge in [-0.3, -0.25) is 4.98 Å². The molecule has 100 valence electrons. The lowest BCUT2D eigenvalue weighted by Crippen LogP contribution is -2.07. The topological polar surface area (TPSA) is 12.9 Å². The van der Waals surface area contributed by atoms with E-state index in [2.05, 4.69) is 20.9 Å². The number of hydrogen-bond donors (Lipinski definition) is 0. The first-order valence-electron chi connectivity index (χ1n) is 4.97. The molecule has 2 rings (SSSR count). The zero-order valence-electron chi connectivity index (χ0n) is 9.10. The first-order chi connectivity index (χ1) is 8.82. The minimum Gasteiger partial charge on any atom is -0.259 e. The SMILES string of the molecule is Fc1cncc(F)c1-c1cccc(C(F)(F)F)c1Br. The number of pyridine rings is 1. The van der Waals surface area contributed by atoms with Crippen LogP contribution in [-0.4, -0.2) is 4.98 Å². The lowest BCUT2D eigenvalue weighted by molar-refractivity contribution is -0.138. The summed E-state index contributed by atoms with van der Waals surface area (Å²) in [6, 6.07) is 3.10. The standard InChI is InChI=1S/C12H5BrF5N/c13-11-6(2-1-3-7(11)12(16,17)18)10-8(14)4-19-5-9(10)15/h1-5H. The zero-order valence-corrected chi connectivity index (χ0v) is 10.7. The van der Waals surface area contributed by atoms with Crippen molar-refractivity contribution < 1.29 is 22.0 Å². The summed E-state index contributed by atoms with van der Waals surface area (Å²) in [6.07, 6.45) is -3.13. The van der Waals surface area contributed by atoms with Crippen LogP contribution in [0.25, 0.3) is 11.1 Å².